The third kappa shape index (κ3) is 5.58. The summed E-state index contributed by atoms with van der Waals surface area (Å²) in [6.07, 6.45) is -19.9. The predicted octanol–water partition coefficient (Wildman–Crippen LogP) is -2.78. The van der Waals surface area contributed by atoms with Gasteiger partial charge in [-0.15, -0.1) is 0 Å². The molecule has 0 amide bonds. The van der Waals surface area contributed by atoms with E-state index in [1.807, 2.05) is 0 Å². The summed E-state index contributed by atoms with van der Waals surface area (Å²) < 4.78 is 27.9. The van der Waals surface area contributed by atoms with Crippen molar-refractivity contribution >= 4 is 5.78 Å². The highest BCUT2D eigenvalue weighted by atomic mass is 16.7. The molecule has 2 aromatic carbocycles. The smallest absolute Gasteiger partial charge is 0.229 e. The standard InChI is InChI=1S/C27H32O17/c1-7-16(32)20(36)22(38)26(40-7)44-25-19(35)15-10(30)4-9(29)5-12(15)41-24(25)8-2-11(31)17(33)13(3-8)42-27-23(39)21(37)18(34)14(6-28)43-27/h2-5,7,14,16,18,20-34,36-39H,6H2,1H3/t7-,14+,16-,18+,20+,21-,22+,23+,24?,25?,26-,27+/m0/s1. The molecule has 17 heteroatoms. The molecule has 3 aliphatic heterocycles. The number of phenolic OH excluding ortho intramolecular Hbond substituents is 4. The van der Waals surface area contributed by atoms with Gasteiger partial charge >= 0.3 is 0 Å². The Kier molecular flexibility index (Phi) is 8.80. The molecule has 0 bridgehead atoms. The zero-order valence-corrected chi connectivity index (χ0v) is 22.8. The molecule has 2 aromatic rings. The number of rotatable bonds is 6. The Labute approximate surface area is 247 Å². The van der Waals surface area contributed by atoms with Crippen LogP contribution in [0.1, 0.15) is 28.9 Å². The van der Waals surface area contributed by atoms with Crippen LogP contribution in [0.25, 0.3) is 0 Å². The number of hydrogen-bond acceptors (Lipinski definition) is 17. The number of benzene rings is 2. The number of carbonyl (C=O) groups excluding carboxylic acids is 1. The van der Waals surface area contributed by atoms with Crippen molar-refractivity contribution in [2.75, 3.05) is 6.61 Å². The topological polar surface area (TPSA) is 286 Å². The second-order valence-corrected chi connectivity index (χ2v) is 10.7. The number of aliphatic hydroxyl groups is 7. The lowest BCUT2D eigenvalue weighted by atomic mass is 9.91. The monoisotopic (exact) mass is 628 g/mol. The molecule has 0 radical (unpaired) electrons. The summed E-state index contributed by atoms with van der Waals surface area (Å²) in [5, 5.41) is 112. The van der Waals surface area contributed by atoms with Crippen molar-refractivity contribution in [2.45, 2.75) is 80.5 Å². The van der Waals surface area contributed by atoms with Crippen molar-refractivity contribution in [3.63, 3.8) is 0 Å². The van der Waals surface area contributed by atoms with Crippen LogP contribution in [0, 0.1) is 0 Å². The van der Waals surface area contributed by atoms with Gasteiger partial charge in [0, 0.05) is 17.7 Å². The lowest BCUT2D eigenvalue weighted by Crippen LogP contribution is -2.60. The first-order valence-corrected chi connectivity index (χ1v) is 13.4. The summed E-state index contributed by atoms with van der Waals surface area (Å²) in [6, 6.07) is 3.84. The Balaban J connectivity index is 1.53. The molecule has 5 rings (SSSR count). The average Bonchev–Trinajstić information content (AvgIpc) is 2.97. The van der Waals surface area contributed by atoms with Gasteiger partial charge in [-0.1, -0.05) is 0 Å². The molecule has 17 nitrogen and oxygen atoms in total. The summed E-state index contributed by atoms with van der Waals surface area (Å²) in [7, 11) is 0. The molecule has 2 fully saturated rings. The van der Waals surface area contributed by atoms with Gasteiger partial charge in [0.2, 0.25) is 17.8 Å². The van der Waals surface area contributed by atoms with Crippen LogP contribution in [0.5, 0.6) is 34.5 Å². The average molecular weight is 629 g/mol. The molecule has 0 spiro atoms. The molecule has 12 atom stereocenters. The van der Waals surface area contributed by atoms with Gasteiger partial charge in [-0.3, -0.25) is 4.79 Å². The van der Waals surface area contributed by atoms with Gasteiger partial charge in [0.1, 0.15) is 65.5 Å². The number of fused-ring (bicyclic) bond motifs is 1. The first kappa shape index (κ1) is 31.9. The zero-order chi connectivity index (χ0) is 32.2. The summed E-state index contributed by atoms with van der Waals surface area (Å²) in [4.78, 5) is 13.7. The number of aromatic hydroxyl groups is 4. The fourth-order valence-electron chi connectivity index (χ4n) is 5.21. The first-order valence-electron chi connectivity index (χ1n) is 13.4. The summed E-state index contributed by atoms with van der Waals surface area (Å²) in [5.74, 6) is -4.78. The number of ketones is 1. The lowest BCUT2D eigenvalue weighted by Gasteiger charge is -2.42. The number of Topliss-reactive ketones (excluding diaryl/α,β-unsaturated/α-hetero) is 1. The Bertz CT molecular complexity index is 1380. The fraction of sp³-hybridized carbons (Fsp3) is 0.519. The van der Waals surface area contributed by atoms with Crippen LogP contribution in [0.15, 0.2) is 24.3 Å². The summed E-state index contributed by atoms with van der Waals surface area (Å²) >= 11 is 0. The first-order chi connectivity index (χ1) is 20.7. The highest BCUT2D eigenvalue weighted by Gasteiger charge is 2.49. The highest BCUT2D eigenvalue weighted by Crippen LogP contribution is 2.47. The summed E-state index contributed by atoms with van der Waals surface area (Å²) in [5.41, 5.74) is -0.588. The number of ether oxygens (including phenoxy) is 5. The van der Waals surface area contributed by atoms with Crippen molar-refractivity contribution < 1.29 is 84.7 Å². The van der Waals surface area contributed by atoms with E-state index in [0.29, 0.717) is 0 Å². The van der Waals surface area contributed by atoms with E-state index in [4.69, 9.17) is 23.7 Å². The maximum absolute atomic E-state index is 13.7. The minimum absolute atomic E-state index is 0.161. The van der Waals surface area contributed by atoms with E-state index in [0.717, 1.165) is 24.3 Å². The van der Waals surface area contributed by atoms with E-state index in [1.165, 1.54) is 6.92 Å². The van der Waals surface area contributed by atoms with Gasteiger partial charge in [-0.25, -0.2) is 0 Å². The van der Waals surface area contributed by atoms with E-state index in [9.17, 15) is 61.0 Å². The SMILES string of the molecule is C[C@@H]1O[C@@H](OC2C(=O)c3c(O)cc(O)cc3OC2c2cc(O)c(O)c(O[C@@H]3O[C@H](CO)[C@@H](O)[C@H](O)[C@H]3O)c2)[C@H](O)[C@H](O)[C@H]1O. The van der Waals surface area contributed by atoms with Crippen LogP contribution in [0.2, 0.25) is 0 Å². The van der Waals surface area contributed by atoms with Gasteiger partial charge in [0.15, 0.2) is 30.0 Å². The van der Waals surface area contributed by atoms with E-state index in [-0.39, 0.29) is 11.3 Å². The Morgan fingerprint density at radius 1 is 0.773 bits per heavy atom. The minimum Gasteiger partial charge on any atom is -0.508 e. The van der Waals surface area contributed by atoms with Crippen molar-refractivity contribution in [1.82, 2.24) is 0 Å². The van der Waals surface area contributed by atoms with Crippen LogP contribution >= 0.6 is 0 Å². The predicted molar refractivity (Wildman–Crippen MR) is 139 cm³/mol. The zero-order valence-electron chi connectivity index (χ0n) is 22.8. The van der Waals surface area contributed by atoms with Gasteiger partial charge < -0.3 is 79.9 Å². The molecule has 2 saturated heterocycles. The Hall–Kier alpha value is -3.49. The van der Waals surface area contributed by atoms with Gasteiger partial charge in [0.05, 0.1) is 12.7 Å². The van der Waals surface area contributed by atoms with E-state index in [1.54, 1.807) is 0 Å². The van der Waals surface area contributed by atoms with E-state index in [2.05, 4.69) is 0 Å². The molecule has 3 aliphatic rings. The maximum Gasteiger partial charge on any atom is 0.229 e. The van der Waals surface area contributed by atoms with Crippen molar-refractivity contribution in [2.24, 2.45) is 0 Å². The number of carbonyl (C=O) groups is 1. The lowest BCUT2D eigenvalue weighted by molar-refractivity contribution is -0.304. The second-order valence-electron chi connectivity index (χ2n) is 10.7. The number of phenols is 4. The Morgan fingerprint density at radius 3 is 2.11 bits per heavy atom. The largest absolute Gasteiger partial charge is 0.508 e. The maximum atomic E-state index is 13.7. The van der Waals surface area contributed by atoms with Crippen molar-refractivity contribution in [1.29, 1.82) is 0 Å². The normalized spacial score (nSPS) is 37.2. The van der Waals surface area contributed by atoms with Gasteiger partial charge in [-0.05, 0) is 19.1 Å². The molecule has 242 valence electrons. The molecule has 11 N–H and O–H groups in total. The highest BCUT2D eigenvalue weighted by molar-refractivity contribution is 6.05. The van der Waals surface area contributed by atoms with Crippen LogP contribution < -0.4 is 9.47 Å². The fourth-order valence-corrected chi connectivity index (χ4v) is 5.21. The molecule has 44 heavy (non-hydrogen) atoms. The summed E-state index contributed by atoms with van der Waals surface area (Å²) in [6.45, 7) is 0.592. The van der Waals surface area contributed by atoms with Gasteiger partial charge in [0.25, 0.3) is 0 Å². The van der Waals surface area contributed by atoms with Crippen LogP contribution in [-0.4, -0.2) is 136 Å². The number of aliphatic hydroxyl groups excluding tert-OH is 7. The molecular weight excluding hydrogens is 596 g/mol. The molecule has 3 heterocycles. The third-order valence-corrected chi connectivity index (χ3v) is 7.69. The van der Waals surface area contributed by atoms with Crippen molar-refractivity contribution in [3.05, 3.63) is 35.4 Å². The second kappa shape index (κ2) is 12.1. The molecule has 0 aliphatic carbocycles. The van der Waals surface area contributed by atoms with E-state index < -0.39 is 120 Å². The third-order valence-electron chi connectivity index (χ3n) is 7.69. The molecule has 2 unspecified atom stereocenters. The quantitative estimate of drug-likeness (QED) is 0.144. The molecule has 0 aromatic heterocycles. The van der Waals surface area contributed by atoms with Gasteiger partial charge in [-0.2, -0.15) is 0 Å². The van der Waals surface area contributed by atoms with E-state index >= 15 is 0 Å². The van der Waals surface area contributed by atoms with Crippen molar-refractivity contribution in [3.8, 4) is 34.5 Å². The minimum atomic E-state index is -1.90. The van der Waals surface area contributed by atoms with Crippen LogP contribution in [-0.2, 0) is 14.2 Å². The number of hydrogen-bond donors (Lipinski definition) is 11. The Morgan fingerprint density at radius 2 is 1.43 bits per heavy atom. The van der Waals surface area contributed by atoms with Crippen LogP contribution in [0.3, 0.4) is 0 Å². The molecule has 0 saturated carbocycles. The molecular formula is C27H32O17. The van der Waals surface area contributed by atoms with Crippen LogP contribution in [0.4, 0.5) is 0 Å².